The zero-order chi connectivity index (χ0) is 23.9. The van der Waals surface area contributed by atoms with Crippen LogP contribution in [0.3, 0.4) is 0 Å². The van der Waals surface area contributed by atoms with Gasteiger partial charge in [-0.1, -0.05) is 12.1 Å². The molecule has 0 radical (unpaired) electrons. The molecule has 4 rings (SSSR count). The van der Waals surface area contributed by atoms with Gasteiger partial charge in [0.2, 0.25) is 5.91 Å². The summed E-state index contributed by atoms with van der Waals surface area (Å²) in [6, 6.07) is 14.1. The Hall–Kier alpha value is -2.97. The lowest BCUT2D eigenvalue weighted by Gasteiger charge is -2.34. The van der Waals surface area contributed by atoms with Crippen molar-refractivity contribution in [3.05, 3.63) is 65.5 Å². The third-order valence-corrected chi connectivity index (χ3v) is 6.39. The first kappa shape index (κ1) is 24.2. The molecular formula is C26H33FN4O3. The molecule has 2 aliphatic heterocycles. The Morgan fingerprint density at radius 3 is 2.62 bits per heavy atom. The molecule has 2 aromatic rings. The van der Waals surface area contributed by atoms with E-state index < -0.39 is 0 Å². The van der Waals surface area contributed by atoms with Gasteiger partial charge in [0.1, 0.15) is 18.2 Å². The van der Waals surface area contributed by atoms with Crippen LogP contribution >= 0.6 is 0 Å². The lowest BCUT2D eigenvalue weighted by molar-refractivity contribution is -0.119. The van der Waals surface area contributed by atoms with E-state index in [0.717, 1.165) is 44.9 Å². The van der Waals surface area contributed by atoms with Gasteiger partial charge in [-0.15, -0.1) is 0 Å². The summed E-state index contributed by atoms with van der Waals surface area (Å²) < 4.78 is 19.1. The Morgan fingerprint density at radius 1 is 1.15 bits per heavy atom. The maximum atomic E-state index is 13.1. The molecule has 2 fully saturated rings. The number of nitrogens with zero attached hydrogens (tertiary/aromatic N) is 3. The summed E-state index contributed by atoms with van der Waals surface area (Å²) in [5.41, 5.74) is 1.70. The fourth-order valence-corrected chi connectivity index (χ4v) is 4.54. The second-order valence-electron chi connectivity index (χ2n) is 9.14. The Kier molecular flexibility index (Phi) is 8.13. The number of piperazine rings is 1. The number of halogens is 1. The first-order valence-corrected chi connectivity index (χ1v) is 11.9. The van der Waals surface area contributed by atoms with Gasteiger partial charge in [0, 0.05) is 63.8 Å². The number of carbonyl (C=O) groups excluding carboxylic acids is 2. The third kappa shape index (κ3) is 6.77. The molecule has 0 saturated carbocycles. The molecule has 182 valence electrons. The Bertz CT molecular complexity index is 976. The summed E-state index contributed by atoms with van der Waals surface area (Å²) in [5.74, 6) is 0.617. The molecule has 2 saturated heterocycles. The molecule has 0 aromatic heterocycles. The smallest absolute Gasteiger partial charge is 0.253 e. The molecule has 1 N–H and O–H groups in total. The molecule has 7 nitrogen and oxygen atoms in total. The van der Waals surface area contributed by atoms with Crippen LogP contribution in [0.15, 0.2) is 48.5 Å². The fourth-order valence-electron chi connectivity index (χ4n) is 4.54. The van der Waals surface area contributed by atoms with Gasteiger partial charge in [0.15, 0.2) is 0 Å². The van der Waals surface area contributed by atoms with Gasteiger partial charge in [-0.2, -0.15) is 0 Å². The SMILES string of the molecule is CN(Cc1cccc(OCCN2CCN(C(=O)c3ccc(F)cc3)CC2)c1)CC1CCC(=O)N1. The summed E-state index contributed by atoms with van der Waals surface area (Å²) in [7, 11) is 2.07. The monoisotopic (exact) mass is 468 g/mol. The van der Waals surface area contributed by atoms with Gasteiger partial charge in [0.05, 0.1) is 0 Å². The van der Waals surface area contributed by atoms with E-state index >= 15 is 0 Å². The van der Waals surface area contributed by atoms with E-state index in [9.17, 15) is 14.0 Å². The predicted molar refractivity (Wildman–Crippen MR) is 128 cm³/mol. The molecule has 0 spiro atoms. The normalized spacial score (nSPS) is 18.9. The van der Waals surface area contributed by atoms with Crippen molar-refractivity contribution in [2.75, 3.05) is 52.9 Å². The average Bonchev–Trinajstić information content (AvgIpc) is 3.24. The van der Waals surface area contributed by atoms with Gasteiger partial charge >= 0.3 is 0 Å². The first-order chi connectivity index (χ1) is 16.5. The van der Waals surface area contributed by atoms with Gasteiger partial charge < -0.3 is 19.9 Å². The van der Waals surface area contributed by atoms with Crippen molar-refractivity contribution in [1.82, 2.24) is 20.0 Å². The number of likely N-dealkylation sites (N-methyl/N-ethyl adjacent to an activating group) is 1. The van der Waals surface area contributed by atoms with E-state index in [4.69, 9.17) is 4.74 Å². The highest BCUT2D eigenvalue weighted by Gasteiger charge is 2.23. The Labute approximate surface area is 200 Å². The molecule has 0 aliphatic carbocycles. The number of carbonyl (C=O) groups is 2. The average molecular weight is 469 g/mol. The predicted octanol–water partition coefficient (Wildman–Crippen LogP) is 2.37. The molecule has 2 amide bonds. The van der Waals surface area contributed by atoms with Crippen LogP contribution in [0.25, 0.3) is 0 Å². The van der Waals surface area contributed by atoms with Crippen LogP contribution in [0.4, 0.5) is 4.39 Å². The molecule has 2 aliphatic rings. The van der Waals surface area contributed by atoms with Crippen LogP contribution in [0.2, 0.25) is 0 Å². The van der Waals surface area contributed by atoms with Crippen molar-refractivity contribution >= 4 is 11.8 Å². The molecular weight excluding hydrogens is 435 g/mol. The summed E-state index contributed by atoms with van der Waals surface area (Å²) in [5, 5.41) is 3.01. The van der Waals surface area contributed by atoms with Crippen LogP contribution in [-0.4, -0.2) is 85.5 Å². The highest BCUT2D eigenvalue weighted by atomic mass is 19.1. The van der Waals surface area contributed by atoms with E-state index in [-0.39, 0.29) is 23.7 Å². The molecule has 1 unspecified atom stereocenters. The molecule has 2 heterocycles. The topological polar surface area (TPSA) is 65.1 Å². The lowest BCUT2D eigenvalue weighted by Crippen LogP contribution is -2.49. The fraction of sp³-hybridized carbons (Fsp3) is 0.462. The van der Waals surface area contributed by atoms with Gasteiger partial charge in [0.25, 0.3) is 5.91 Å². The summed E-state index contributed by atoms with van der Waals surface area (Å²) >= 11 is 0. The number of benzene rings is 2. The largest absolute Gasteiger partial charge is 0.492 e. The van der Waals surface area contributed by atoms with E-state index in [1.54, 1.807) is 0 Å². The maximum Gasteiger partial charge on any atom is 0.253 e. The highest BCUT2D eigenvalue weighted by Crippen LogP contribution is 2.16. The number of rotatable bonds is 9. The van der Waals surface area contributed by atoms with Gasteiger partial charge in [-0.3, -0.25) is 14.5 Å². The van der Waals surface area contributed by atoms with Gasteiger partial charge in [-0.05, 0) is 55.4 Å². The third-order valence-electron chi connectivity index (χ3n) is 6.39. The Balaban J connectivity index is 1.17. The summed E-state index contributed by atoms with van der Waals surface area (Å²) in [6.45, 7) is 5.90. The van der Waals surface area contributed by atoms with Crippen LogP contribution in [0.1, 0.15) is 28.8 Å². The van der Waals surface area contributed by atoms with E-state index in [1.807, 2.05) is 17.0 Å². The Morgan fingerprint density at radius 2 is 1.91 bits per heavy atom. The quantitative estimate of drug-likeness (QED) is 0.612. The number of nitrogens with one attached hydrogen (secondary N) is 1. The van der Waals surface area contributed by atoms with Crippen LogP contribution < -0.4 is 10.1 Å². The minimum Gasteiger partial charge on any atom is -0.492 e. The number of hydrogen-bond acceptors (Lipinski definition) is 5. The number of hydrogen-bond donors (Lipinski definition) is 1. The van der Waals surface area contributed by atoms with Crippen molar-refractivity contribution < 1.29 is 18.7 Å². The number of amides is 2. The second kappa shape index (κ2) is 11.4. The highest BCUT2D eigenvalue weighted by molar-refractivity contribution is 5.94. The summed E-state index contributed by atoms with van der Waals surface area (Å²) in [6.07, 6.45) is 1.53. The summed E-state index contributed by atoms with van der Waals surface area (Å²) in [4.78, 5) is 30.3. The molecule has 2 aromatic carbocycles. The standard InChI is InChI=1S/C26H33FN4O3/c1-29(19-23-9-10-25(32)28-23)18-20-3-2-4-24(17-20)34-16-15-30-11-13-31(14-12-30)26(33)21-5-7-22(27)8-6-21/h2-8,17,23H,9-16,18-19H2,1H3,(H,28,32). The molecule has 8 heteroatoms. The van der Waals surface area contributed by atoms with E-state index in [2.05, 4.69) is 34.3 Å². The van der Waals surface area contributed by atoms with Crippen molar-refractivity contribution in [2.24, 2.45) is 0 Å². The molecule has 1 atom stereocenters. The first-order valence-electron chi connectivity index (χ1n) is 11.9. The number of ether oxygens (including phenoxy) is 1. The molecule has 0 bridgehead atoms. The minimum absolute atomic E-state index is 0.0482. The van der Waals surface area contributed by atoms with Crippen molar-refractivity contribution in [3.8, 4) is 5.75 Å². The van der Waals surface area contributed by atoms with E-state index in [0.29, 0.717) is 31.7 Å². The lowest BCUT2D eigenvalue weighted by atomic mass is 10.1. The van der Waals surface area contributed by atoms with E-state index in [1.165, 1.54) is 29.8 Å². The van der Waals surface area contributed by atoms with Crippen molar-refractivity contribution in [3.63, 3.8) is 0 Å². The van der Waals surface area contributed by atoms with Gasteiger partial charge in [-0.25, -0.2) is 4.39 Å². The minimum atomic E-state index is -0.335. The van der Waals surface area contributed by atoms with Crippen LogP contribution in [-0.2, 0) is 11.3 Å². The van der Waals surface area contributed by atoms with Crippen LogP contribution in [0, 0.1) is 5.82 Å². The molecule has 34 heavy (non-hydrogen) atoms. The van der Waals surface area contributed by atoms with Crippen molar-refractivity contribution in [2.45, 2.75) is 25.4 Å². The second-order valence-corrected chi connectivity index (χ2v) is 9.14. The maximum absolute atomic E-state index is 13.1. The zero-order valence-corrected chi connectivity index (χ0v) is 19.7. The zero-order valence-electron chi connectivity index (χ0n) is 19.7. The van der Waals surface area contributed by atoms with Crippen molar-refractivity contribution in [1.29, 1.82) is 0 Å². The van der Waals surface area contributed by atoms with Crippen LogP contribution in [0.5, 0.6) is 5.75 Å².